The summed E-state index contributed by atoms with van der Waals surface area (Å²) in [6, 6.07) is 8.51. The topological polar surface area (TPSA) is 16.1 Å². The smallest absolute Gasteiger partial charge is 0.123 e. The first-order chi connectivity index (χ1) is 9.83. The van der Waals surface area contributed by atoms with Crippen molar-refractivity contribution in [2.24, 2.45) is 0 Å². The van der Waals surface area contributed by atoms with Gasteiger partial charge in [0.05, 0.1) is 5.69 Å². The predicted molar refractivity (Wildman–Crippen MR) is 86.0 cm³/mol. The maximum atomic E-state index is 4.84. The van der Waals surface area contributed by atoms with Crippen LogP contribution >= 0.6 is 11.3 Å². The van der Waals surface area contributed by atoms with Crippen molar-refractivity contribution in [1.82, 2.24) is 9.88 Å². The normalized spacial score (nSPS) is 17.1. The summed E-state index contributed by atoms with van der Waals surface area (Å²) in [5.41, 5.74) is 3.82. The summed E-state index contributed by atoms with van der Waals surface area (Å²) in [6.07, 6.45) is 5.47. The molecule has 3 heteroatoms. The number of benzene rings is 1. The van der Waals surface area contributed by atoms with E-state index in [9.17, 15) is 0 Å². The van der Waals surface area contributed by atoms with Gasteiger partial charge in [0.15, 0.2) is 0 Å². The van der Waals surface area contributed by atoms with Gasteiger partial charge in [-0.3, -0.25) is 4.90 Å². The zero-order valence-corrected chi connectivity index (χ0v) is 13.0. The van der Waals surface area contributed by atoms with Crippen LogP contribution < -0.4 is 0 Å². The van der Waals surface area contributed by atoms with Crippen molar-refractivity contribution >= 4 is 11.3 Å². The van der Waals surface area contributed by atoms with Crippen LogP contribution in [0.15, 0.2) is 29.6 Å². The van der Waals surface area contributed by atoms with Gasteiger partial charge in [-0.15, -0.1) is 11.3 Å². The van der Waals surface area contributed by atoms with Crippen molar-refractivity contribution in [3.05, 3.63) is 40.9 Å². The number of hydrogen-bond acceptors (Lipinski definition) is 3. The Bertz CT molecular complexity index is 554. The largest absolute Gasteiger partial charge is 0.297 e. The Hall–Kier alpha value is -1.19. The van der Waals surface area contributed by atoms with Gasteiger partial charge >= 0.3 is 0 Å². The van der Waals surface area contributed by atoms with Crippen LogP contribution in [-0.2, 0) is 6.54 Å². The monoisotopic (exact) mass is 286 g/mol. The molecule has 0 bridgehead atoms. The van der Waals surface area contributed by atoms with Gasteiger partial charge in [-0.1, -0.05) is 37.1 Å². The molecule has 0 atom stereocenters. The molecule has 3 rings (SSSR count). The lowest BCUT2D eigenvalue weighted by Crippen LogP contribution is -2.24. The second kappa shape index (κ2) is 6.51. The highest BCUT2D eigenvalue weighted by Gasteiger charge is 2.12. The lowest BCUT2D eigenvalue weighted by atomic mass is 10.1. The second-order valence-corrected chi connectivity index (χ2v) is 6.51. The minimum Gasteiger partial charge on any atom is -0.297 e. The van der Waals surface area contributed by atoms with Crippen LogP contribution in [0.3, 0.4) is 0 Å². The molecular weight excluding hydrogens is 264 g/mol. The van der Waals surface area contributed by atoms with Crippen LogP contribution in [0.4, 0.5) is 0 Å². The van der Waals surface area contributed by atoms with Crippen LogP contribution in [0, 0.1) is 6.92 Å². The first-order valence-electron chi connectivity index (χ1n) is 7.56. The quantitative estimate of drug-likeness (QED) is 0.826. The lowest BCUT2D eigenvalue weighted by molar-refractivity contribution is 0.274. The highest BCUT2D eigenvalue weighted by atomic mass is 32.1. The average molecular weight is 286 g/mol. The van der Waals surface area contributed by atoms with E-state index < -0.39 is 0 Å². The predicted octanol–water partition coefficient (Wildman–Crippen LogP) is 4.49. The Morgan fingerprint density at radius 2 is 1.85 bits per heavy atom. The molecule has 1 fully saturated rings. The summed E-state index contributed by atoms with van der Waals surface area (Å²) in [4.78, 5) is 7.40. The number of nitrogens with zero attached hydrogens (tertiary/aromatic N) is 2. The summed E-state index contributed by atoms with van der Waals surface area (Å²) in [5, 5.41) is 3.39. The van der Waals surface area contributed by atoms with Gasteiger partial charge in [0.2, 0.25) is 0 Å². The fourth-order valence-corrected chi connectivity index (χ4v) is 3.74. The molecule has 0 radical (unpaired) electrons. The van der Waals surface area contributed by atoms with Crippen molar-refractivity contribution < 1.29 is 0 Å². The molecule has 0 unspecified atom stereocenters. The minimum absolute atomic E-state index is 1.02. The van der Waals surface area contributed by atoms with E-state index >= 15 is 0 Å². The van der Waals surface area contributed by atoms with Gasteiger partial charge in [-0.05, 0) is 38.4 Å². The number of likely N-dealkylation sites (tertiary alicyclic amines) is 1. The number of thiazole rings is 1. The summed E-state index contributed by atoms with van der Waals surface area (Å²) >= 11 is 1.77. The molecule has 20 heavy (non-hydrogen) atoms. The van der Waals surface area contributed by atoms with Crippen LogP contribution in [0.5, 0.6) is 0 Å². The summed E-state index contributed by atoms with van der Waals surface area (Å²) in [7, 11) is 0. The van der Waals surface area contributed by atoms with Crippen molar-refractivity contribution in [2.45, 2.75) is 39.2 Å². The highest BCUT2D eigenvalue weighted by Crippen LogP contribution is 2.27. The maximum absolute atomic E-state index is 4.84. The fourth-order valence-electron chi connectivity index (χ4n) is 2.84. The molecule has 106 valence electrons. The first-order valence-corrected chi connectivity index (χ1v) is 8.43. The summed E-state index contributed by atoms with van der Waals surface area (Å²) in [5.74, 6) is 0. The molecule has 0 amide bonds. The minimum atomic E-state index is 1.02. The number of hydrogen-bond donors (Lipinski definition) is 0. The number of aromatic nitrogens is 1. The standard InChI is InChI=1S/C17H22N2S/c1-14-8-4-5-9-16(14)17-18-15(13-20-17)12-19-10-6-2-3-7-11-19/h4-5,8-9,13H,2-3,6-7,10-12H2,1H3. The fraction of sp³-hybridized carbons (Fsp3) is 0.471. The molecule has 1 aliphatic heterocycles. The van der Waals surface area contributed by atoms with E-state index in [0.717, 1.165) is 11.6 Å². The molecule has 1 aromatic carbocycles. The molecule has 2 aromatic rings. The van der Waals surface area contributed by atoms with E-state index in [1.165, 1.54) is 55.6 Å². The summed E-state index contributed by atoms with van der Waals surface area (Å²) < 4.78 is 0. The zero-order valence-electron chi connectivity index (χ0n) is 12.1. The van der Waals surface area contributed by atoms with Crippen LogP contribution in [0.1, 0.15) is 36.9 Å². The molecule has 0 aliphatic carbocycles. The molecular formula is C17H22N2S. The van der Waals surface area contributed by atoms with E-state index in [1.54, 1.807) is 11.3 Å². The molecule has 1 aliphatic rings. The molecule has 1 aromatic heterocycles. The van der Waals surface area contributed by atoms with Crippen molar-refractivity contribution in [3.8, 4) is 10.6 Å². The Balaban J connectivity index is 1.72. The third-order valence-corrected chi connectivity index (χ3v) is 4.94. The van der Waals surface area contributed by atoms with E-state index in [0.29, 0.717) is 0 Å². The Labute approximate surface area is 125 Å². The second-order valence-electron chi connectivity index (χ2n) is 5.65. The molecule has 0 N–H and O–H groups in total. The zero-order chi connectivity index (χ0) is 13.8. The van der Waals surface area contributed by atoms with Gasteiger partial charge < -0.3 is 0 Å². The lowest BCUT2D eigenvalue weighted by Gasteiger charge is -2.17. The van der Waals surface area contributed by atoms with Crippen LogP contribution in [0.2, 0.25) is 0 Å². The van der Waals surface area contributed by atoms with Crippen LogP contribution in [-0.4, -0.2) is 23.0 Å². The van der Waals surface area contributed by atoms with Gasteiger partial charge in [0, 0.05) is 17.5 Å². The Morgan fingerprint density at radius 1 is 1.10 bits per heavy atom. The molecule has 1 saturated heterocycles. The van der Waals surface area contributed by atoms with Gasteiger partial charge in [-0.2, -0.15) is 0 Å². The van der Waals surface area contributed by atoms with E-state index in [2.05, 4.69) is 41.5 Å². The summed E-state index contributed by atoms with van der Waals surface area (Å²) in [6.45, 7) is 5.64. The first kappa shape index (κ1) is 13.8. The number of rotatable bonds is 3. The third kappa shape index (κ3) is 3.28. The van der Waals surface area contributed by atoms with Gasteiger partial charge in [0.25, 0.3) is 0 Å². The van der Waals surface area contributed by atoms with Crippen LogP contribution in [0.25, 0.3) is 10.6 Å². The molecule has 0 saturated carbocycles. The van der Waals surface area contributed by atoms with E-state index in [4.69, 9.17) is 4.98 Å². The van der Waals surface area contributed by atoms with Crippen molar-refractivity contribution in [3.63, 3.8) is 0 Å². The Morgan fingerprint density at radius 3 is 2.60 bits per heavy atom. The maximum Gasteiger partial charge on any atom is 0.123 e. The third-order valence-electron chi connectivity index (χ3n) is 4.01. The SMILES string of the molecule is Cc1ccccc1-c1nc(CN2CCCCCC2)cs1. The molecule has 2 heterocycles. The van der Waals surface area contributed by atoms with Gasteiger partial charge in [-0.25, -0.2) is 4.98 Å². The molecule has 0 spiro atoms. The average Bonchev–Trinajstić information content (AvgIpc) is 2.75. The molecule has 2 nitrogen and oxygen atoms in total. The van der Waals surface area contributed by atoms with Crippen molar-refractivity contribution in [1.29, 1.82) is 0 Å². The van der Waals surface area contributed by atoms with E-state index in [1.807, 2.05) is 0 Å². The Kier molecular flexibility index (Phi) is 4.48. The van der Waals surface area contributed by atoms with Crippen molar-refractivity contribution in [2.75, 3.05) is 13.1 Å². The van der Waals surface area contributed by atoms with E-state index in [-0.39, 0.29) is 0 Å². The highest BCUT2D eigenvalue weighted by molar-refractivity contribution is 7.13. The van der Waals surface area contributed by atoms with Gasteiger partial charge in [0.1, 0.15) is 5.01 Å². The number of aryl methyl sites for hydroxylation is 1.